The molecule has 17 heavy (non-hydrogen) atoms. The van der Waals surface area contributed by atoms with E-state index in [-0.39, 0.29) is 16.4 Å². The zero-order valence-corrected chi connectivity index (χ0v) is 12.0. The molecule has 0 radical (unpaired) electrons. The molecule has 1 N–H and O–H groups in total. The zero-order valence-electron chi connectivity index (χ0n) is 11.2. The van der Waals surface area contributed by atoms with Crippen molar-refractivity contribution in [1.82, 2.24) is 10.2 Å². The van der Waals surface area contributed by atoms with Gasteiger partial charge in [-0.1, -0.05) is 20.8 Å². The summed E-state index contributed by atoms with van der Waals surface area (Å²) >= 11 is 0. The largest absolute Gasteiger partial charge is 0.339 e. The molecule has 3 atom stereocenters. The molecule has 1 amide bonds. The molecule has 0 aromatic heterocycles. The van der Waals surface area contributed by atoms with Crippen LogP contribution in [0.4, 0.5) is 0 Å². The molecule has 1 fully saturated rings. The van der Waals surface area contributed by atoms with E-state index in [0.717, 1.165) is 26.2 Å². The van der Waals surface area contributed by atoms with Crippen molar-refractivity contribution >= 4 is 16.7 Å². The lowest BCUT2D eigenvalue weighted by Crippen LogP contribution is -2.50. The highest BCUT2D eigenvalue weighted by Gasteiger charge is 2.30. The molecule has 1 rings (SSSR count). The fourth-order valence-electron chi connectivity index (χ4n) is 1.83. The van der Waals surface area contributed by atoms with Crippen LogP contribution < -0.4 is 5.32 Å². The Morgan fingerprint density at radius 1 is 1.18 bits per heavy atom. The normalized spacial score (nSPS) is 22.3. The number of nitrogens with one attached hydrogen (secondary N) is 1. The zero-order chi connectivity index (χ0) is 13.0. The molecule has 3 unspecified atom stereocenters. The van der Waals surface area contributed by atoms with Gasteiger partial charge in [0.05, 0.1) is 0 Å². The predicted octanol–water partition coefficient (Wildman–Crippen LogP) is 0.600. The number of hydrogen-bond acceptors (Lipinski definition) is 3. The molecule has 0 aromatic carbocycles. The van der Waals surface area contributed by atoms with E-state index < -0.39 is 10.8 Å². The SMILES string of the molecule is CC(C)C(C)S(=O)C(C)C(=O)N1CCNCC1. The van der Waals surface area contributed by atoms with Gasteiger partial charge < -0.3 is 10.2 Å². The number of hydrogen-bond donors (Lipinski definition) is 1. The number of carbonyl (C=O) groups excluding carboxylic acids is 1. The summed E-state index contributed by atoms with van der Waals surface area (Å²) in [7, 11) is -1.08. The molecule has 0 aliphatic carbocycles. The lowest BCUT2D eigenvalue weighted by Gasteiger charge is -2.30. The number of rotatable bonds is 4. The number of piperazine rings is 1. The second-order valence-corrected chi connectivity index (χ2v) is 7.10. The molecule has 4 nitrogen and oxygen atoms in total. The van der Waals surface area contributed by atoms with Crippen molar-refractivity contribution in [2.75, 3.05) is 26.2 Å². The monoisotopic (exact) mass is 260 g/mol. The lowest BCUT2D eigenvalue weighted by molar-refractivity contribution is -0.130. The van der Waals surface area contributed by atoms with E-state index in [1.165, 1.54) is 0 Å². The highest BCUT2D eigenvalue weighted by atomic mass is 32.2. The van der Waals surface area contributed by atoms with Crippen LogP contribution in [0.1, 0.15) is 27.7 Å². The van der Waals surface area contributed by atoms with Crippen LogP contribution in [0, 0.1) is 5.92 Å². The summed E-state index contributed by atoms with van der Waals surface area (Å²) in [5.41, 5.74) is 0. The van der Waals surface area contributed by atoms with Crippen LogP contribution in [0.15, 0.2) is 0 Å². The number of amides is 1. The number of nitrogens with zero attached hydrogens (tertiary/aromatic N) is 1. The summed E-state index contributed by atoms with van der Waals surface area (Å²) in [6, 6.07) is 0. The lowest BCUT2D eigenvalue weighted by atomic mass is 10.2. The van der Waals surface area contributed by atoms with Gasteiger partial charge in [0.25, 0.3) is 0 Å². The summed E-state index contributed by atoms with van der Waals surface area (Å²) in [6.45, 7) is 11.0. The first kappa shape index (κ1) is 14.6. The molecule has 1 aliphatic heterocycles. The van der Waals surface area contributed by atoms with E-state index in [1.54, 1.807) is 6.92 Å². The second-order valence-electron chi connectivity index (χ2n) is 5.00. The van der Waals surface area contributed by atoms with Gasteiger partial charge in [-0.3, -0.25) is 9.00 Å². The maximum Gasteiger partial charge on any atom is 0.238 e. The fourth-order valence-corrected chi connectivity index (χ4v) is 3.36. The van der Waals surface area contributed by atoms with Crippen LogP contribution in [0.2, 0.25) is 0 Å². The smallest absolute Gasteiger partial charge is 0.238 e. The highest BCUT2D eigenvalue weighted by Crippen LogP contribution is 2.14. The van der Waals surface area contributed by atoms with Gasteiger partial charge >= 0.3 is 0 Å². The Bertz CT molecular complexity index is 288. The quantitative estimate of drug-likeness (QED) is 0.805. The van der Waals surface area contributed by atoms with Crippen LogP contribution in [0.25, 0.3) is 0 Å². The molecule has 1 aliphatic rings. The average molecular weight is 260 g/mol. The maximum absolute atomic E-state index is 12.2. The van der Waals surface area contributed by atoms with E-state index >= 15 is 0 Å². The van der Waals surface area contributed by atoms with Crippen LogP contribution >= 0.6 is 0 Å². The van der Waals surface area contributed by atoms with Crippen molar-refractivity contribution < 1.29 is 9.00 Å². The number of carbonyl (C=O) groups is 1. The minimum Gasteiger partial charge on any atom is -0.339 e. The van der Waals surface area contributed by atoms with E-state index in [1.807, 2.05) is 25.7 Å². The minimum absolute atomic E-state index is 0.0392. The van der Waals surface area contributed by atoms with E-state index in [2.05, 4.69) is 5.32 Å². The summed E-state index contributed by atoms with van der Waals surface area (Å²) in [5, 5.41) is 2.89. The molecule has 0 saturated carbocycles. The first-order chi connectivity index (χ1) is 7.95. The highest BCUT2D eigenvalue weighted by molar-refractivity contribution is 7.87. The molecule has 1 saturated heterocycles. The Balaban J connectivity index is 2.59. The second kappa shape index (κ2) is 6.50. The average Bonchev–Trinajstić information content (AvgIpc) is 2.36. The van der Waals surface area contributed by atoms with Crippen LogP contribution in [0.5, 0.6) is 0 Å². The molecule has 1 heterocycles. The maximum atomic E-state index is 12.2. The summed E-state index contributed by atoms with van der Waals surface area (Å²) in [5.74, 6) is 0.381. The predicted molar refractivity (Wildman–Crippen MR) is 71.4 cm³/mol. The fraction of sp³-hybridized carbons (Fsp3) is 0.917. The standard InChI is InChI=1S/C12H24N2O2S/c1-9(2)10(3)17(16)11(4)12(15)14-7-5-13-6-8-14/h9-11,13H,5-8H2,1-4H3. The van der Waals surface area contributed by atoms with Gasteiger partial charge in [0, 0.05) is 42.2 Å². The molecule has 0 spiro atoms. The molecular weight excluding hydrogens is 236 g/mol. The van der Waals surface area contributed by atoms with E-state index in [4.69, 9.17) is 0 Å². The van der Waals surface area contributed by atoms with Crippen molar-refractivity contribution in [2.45, 2.75) is 38.2 Å². The third-order valence-electron chi connectivity index (χ3n) is 3.43. The first-order valence-corrected chi connectivity index (χ1v) is 7.61. The molecular formula is C12H24N2O2S. The van der Waals surface area contributed by atoms with Gasteiger partial charge in [0.2, 0.25) is 5.91 Å². The van der Waals surface area contributed by atoms with Gasteiger partial charge in [-0.15, -0.1) is 0 Å². The van der Waals surface area contributed by atoms with Crippen molar-refractivity contribution in [3.8, 4) is 0 Å². The summed E-state index contributed by atoms with van der Waals surface area (Å²) in [6.07, 6.45) is 0. The Labute approximate surface area is 107 Å². The Morgan fingerprint density at radius 3 is 2.18 bits per heavy atom. The third-order valence-corrected chi connectivity index (χ3v) is 5.61. The third kappa shape index (κ3) is 3.78. The Morgan fingerprint density at radius 2 is 1.71 bits per heavy atom. The van der Waals surface area contributed by atoms with Crippen LogP contribution in [-0.2, 0) is 15.6 Å². The van der Waals surface area contributed by atoms with Gasteiger partial charge in [0.1, 0.15) is 5.25 Å². The van der Waals surface area contributed by atoms with Gasteiger partial charge in [-0.2, -0.15) is 0 Å². The van der Waals surface area contributed by atoms with Crippen molar-refractivity contribution in [3.63, 3.8) is 0 Å². The summed E-state index contributed by atoms with van der Waals surface area (Å²) < 4.78 is 12.2. The molecule has 100 valence electrons. The summed E-state index contributed by atoms with van der Waals surface area (Å²) in [4.78, 5) is 14.0. The van der Waals surface area contributed by atoms with Gasteiger partial charge in [0.15, 0.2) is 0 Å². The molecule has 0 aromatic rings. The van der Waals surface area contributed by atoms with Gasteiger partial charge in [-0.05, 0) is 12.8 Å². The van der Waals surface area contributed by atoms with E-state index in [9.17, 15) is 9.00 Å². The molecule has 0 bridgehead atoms. The Kier molecular flexibility index (Phi) is 5.59. The van der Waals surface area contributed by atoms with Crippen LogP contribution in [0.3, 0.4) is 0 Å². The van der Waals surface area contributed by atoms with Gasteiger partial charge in [-0.25, -0.2) is 0 Å². The van der Waals surface area contributed by atoms with Crippen molar-refractivity contribution in [3.05, 3.63) is 0 Å². The van der Waals surface area contributed by atoms with Crippen molar-refractivity contribution in [2.24, 2.45) is 5.92 Å². The topological polar surface area (TPSA) is 49.4 Å². The Hall–Kier alpha value is -0.420. The van der Waals surface area contributed by atoms with E-state index in [0.29, 0.717) is 5.92 Å². The van der Waals surface area contributed by atoms with Crippen LogP contribution in [-0.4, -0.2) is 51.7 Å². The molecule has 5 heteroatoms. The first-order valence-electron chi connectivity index (χ1n) is 6.34. The minimum atomic E-state index is -1.08. The van der Waals surface area contributed by atoms with Crippen molar-refractivity contribution in [1.29, 1.82) is 0 Å².